The van der Waals surface area contributed by atoms with Gasteiger partial charge in [-0.15, -0.1) is 0 Å². The molecule has 1 N–H and O–H groups in total. The molecule has 1 atom stereocenters. The topological polar surface area (TPSA) is 52.7 Å². The van der Waals surface area contributed by atoms with E-state index in [9.17, 15) is 9.59 Å². The van der Waals surface area contributed by atoms with E-state index in [-0.39, 0.29) is 18.0 Å². The zero-order chi connectivity index (χ0) is 18.5. The first-order valence-electron chi connectivity index (χ1n) is 9.03. The molecular weight excluding hydrogens is 326 g/mol. The summed E-state index contributed by atoms with van der Waals surface area (Å²) in [4.78, 5) is 28.5. The van der Waals surface area contributed by atoms with Crippen LogP contribution in [0.2, 0.25) is 0 Å². The number of nitrogens with one attached hydrogen (secondary N) is 1. The van der Waals surface area contributed by atoms with Crippen LogP contribution in [0.3, 0.4) is 0 Å². The van der Waals surface area contributed by atoms with Crippen LogP contribution in [0.4, 0.5) is 10.5 Å². The van der Waals surface area contributed by atoms with E-state index in [0.717, 1.165) is 16.8 Å². The second-order valence-electron chi connectivity index (χ2n) is 6.69. The van der Waals surface area contributed by atoms with Crippen molar-refractivity contribution in [3.05, 3.63) is 65.7 Å². The third-order valence-corrected chi connectivity index (χ3v) is 4.68. The SMILES string of the molecule is CCN(Cc1ccccc1)C(=O)N[C@H]1CC(=O)N(c2ccc(C)cc2)C1. The van der Waals surface area contributed by atoms with Gasteiger partial charge in [-0.2, -0.15) is 0 Å². The minimum Gasteiger partial charge on any atom is -0.333 e. The van der Waals surface area contributed by atoms with E-state index in [4.69, 9.17) is 0 Å². The summed E-state index contributed by atoms with van der Waals surface area (Å²) in [5.41, 5.74) is 3.13. The lowest BCUT2D eigenvalue weighted by molar-refractivity contribution is -0.117. The van der Waals surface area contributed by atoms with Gasteiger partial charge in [0.2, 0.25) is 5.91 Å². The highest BCUT2D eigenvalue weighted by Crippen LogP contribution is 2.22. The Hall–Kier alpha value is -2.82. The fourth-order valence-corrected chi connectivity index (χ4v) is 3.18. The summed E-state index contributed by atoms with van der Waals surface area (Å²) < 4.78 is 0. The van der Waals surface area contributed by atoms with Crippen molar-refractivity contribution in [3.8, 4) is 0 Å². The first kappa shape index (κ1) is 18.0. The number of amides is 3. The average molecular weight is 351 g/mol. The van der Waals surface area contributed by atoms with Gasteiger partial charge < -0.3 is 15.1 Å². The molecule has 1 fully saturated rings. The highest BCUT2D eigenvalue weighted by Gasteiger charge is 2.32. The first-order chi connectivity index (χ1) is 12.6. The number of urea groups is 1. The zero-order valence-corrected chi connectivity index (χ0v) is 15.3. The maximum Gasteiger partial charge on any atom is 0.317 e. The number of benzene rings is 2. The van der Waals surface area contributed by atoms with Crippen molar-refractivity contribution >= 4 is 17.6 Å². The molecule has 0 saturated carbocycles. The minimum atomic E-state index is -0.166. The van der Waals surface area contributed by atoms with E-state index in [1.807, 2.05) is 68.4 Å². The molecule has 0 bridgehead atoms. The Morgan fingerprint density at radius 3 is 2.50 bits per heavy atom. The van der Waals surface area contributed by atoms with Gasteiger partial charge in [0.15, 0.2) is 0 Å². The second kappa shape index (κ2) is 8.04. The fourth-order valence-electron chi connectivity index (χ4n) is 3.18. The largest absolute Gasteiger partial charge is 0.333 e. The van der Waals surface area contributed by atoms with Crippen LogP contribution in [0.25, 0.3) is 0 Å². The molecule has 136 valence electrons. The number of carbonyl (C=O) groups is 2. The molecule has 5 heteroatoms. The van der Waals surface area contributed by atoms with Crippen molar-refractivity contribution in [2.45, 2.75) is 32.9 Å². The number of carbonyl (C=O) groups excluding carboxylic acids is 2. The summed E-state index contributed by atoms with van der Waals surface area (Å²) in [5.74, 6) is 0.0465. The maximum atomic E-state index is 12.6. The van der Waals surface area contributed by atoms with Gasteiger partial charge in [-0.05, 0) is 31.5 Å². The minimum absolute atomic E-state index is 0.0465. The van der Waals surface area contributed by atoms with Gasteiger partial charge in [-0.3, -0.25) is 4.79 Å². The fraction of sp³-hybridized carbons (Fsp3) is 0.333. The number of aryl methyl sites for hydroxylation is 1. The number of rotatable bonds is 5. The Morgan fingerprint density at radius 2 is 1.85 bits per heavy atom. The third-order valence-electron chi connectivity index (χ3n) is 4.68. The predicted molar refractivity (Wildman–Crippen MR) is 103 cm³/mol. The maximum absolute atomic E-state index is 12.6. The molecule has 1 aliphatic heterocycles. The zero-order valence-electron chi connectivity index (χ0n) is 15.3. The van der Waals surface area contributed by atoms with Crippen LogP contribution in [0, 0.1) is 6.92 Å². The van der Waals surface area contributed by atoms with Crippen molar-refractivity contribution in [1.29, 1.82) is 0 Å². The van der Waals surface area contributed by atoms with Gasteiger partial charge in [0.25, 0.3) is 0 Å². The Kier molecular flexibility index (Phi) is 5.56. The molecule has 0 aliphatic carbocycles. The molecule has 2 aromatic carbocycles. The number of hydrogen-bond acceptors (Lipinski definition) is 2. The molecule has 26 heavy (non-hydrogen) atoms. The van der Waals surface area contributed by atoms with Crippen LogP contribution in [0.15, 0.2) is 54.6 Å². The van der Waals surface area contributed by atoms with E-state index in [0.29, 0.717) is 26.1 Å². The first-order valence-corrected chi connectivity index (χ1v) is 9.03. The number of anilines is 1. The molecule has 0 unspecified atom stereocenters. The summed E-state index contributed by atoms with van der Waals surface area (Å²) in [6.07, 6.45) is 0.336. The molecule has 1 saturated heterocycles. The molecular formula is C21H25N3O2. The smallest absolute Gasteiger partial charge is 0.317 e. The van der Waals surface area contributed by atoms with Crippen LogP contribution in [0.1, 0.15) is 24.5 Å². The lowest BCUT2D eigenvalue weighted by atomic mass is 10.2. The summed E-state index contributed by atoms with van der Waals surface area (Å²) in [7, 11) is 0. The lowest BCUT2D eigenvalue weighted by Gasteiger charge is -2.24. The molecule has 2 aromatic rings. The van der Waals surface area contributed by atoms with Crippen LogP contribution in [-0.4, -0.2) is 36.0 Å². The van der Waals surface area contributed by atoms with Gasteiger partial charge in [0, 0.05) is 31.7 Å². The van der Waals surface area contributed by atoms with Crippen LogP contribution in [0.5, 0.6) is 0 Å². The van der Waals surface area contributed by atoms with Gasteiger partial charge in [-0.25, -0.2) is 4.79 Å². The molecule has 0 spiro atoms. The van der Waals surface area contributed by atoms with E-state index >= 15 is 0 Å². The van der Waals surface area contributed by atoms with Crippen molar-refractivity contribution in [3.63, 3.8) is 0 Å². The molecule has 1 heterocycles. The van der Waals surface area contributed by atoms with Gasteiger partial charge in [-0.1, -0.05) is 48.0 Å². The van der Waals surface area contributed by atoms with Crippen molar-refractivity contribution < 1.29 is 9.59 Å². The van der Waals surface area contributed by atoms with Crippen molar-refractivity contribution in [1.82, 2.24) is 10.2 Å². The molecule has 3 rings (SSSR count). The molecule has 3 amide bonds. The third kappa shape index (κ3) is 4.23. The monoisotopic (exact) mass is 351 g/mol. The van der Waals surface area contributed by atoms with E-state index in [1.54, 1.807) is 9.80 Å². The van der Waals surface area contributed by atoms with Crippen LogP contribution < -0.4 is 10.2 Å². The summed E-state index contributed by atoms with van der Waals surface area (Å²) in [6.45, 7) is 5.66. The summed E-state index contributed by atoms with van der Waals surface area (Å²) >= 11 is 0. The Labute approximate surface area is 154 Å². The molecule has 5 nitrogen and oxygen atoms in total. The molecule has 1 aliphatic rings. The summed E-state index contributed by atoms with van der Waals surface area (Å²) in [5, 5.41) is 3.02. The normalized spacial score (nSPS) is 16.6. The predicted octanol–water partition coefficient (Wildman–Crippen LogP) is 3.33. The Balaban J connectivity index is 1.60. The van der Waals surface area contributed by atoms with Crippen molar-refractivity contribution in [2.75, 3.05) is 18.0 Å². The Bertz CT molecular complexity index is 759. The van der Waals surface area contributed by atoms with Gasteiger partial charge in [0.05, 0.1) is 6.04 Å². The van der Waals surface area contributed by atoms with Gasteiger partial charge in [0.1, 0.15) is 0 Å². The number of nitrogens with zero attached hydrogens (tertiary/aromatic N) is 2. The average Bonchev–Trinajstić information content (AvgIpc) is 3.01. The van der Waals surface area contributed by atoms with Crippen molar-refractivity contribution in [2.24, 2.45) is 0 Å². The highest BCUT2D eigenvalue weighted by atomic mass is 16.2. The lowest BCUT2D eigenvalue weighted by Crippen LogP contribution is -2.45. The van der Waals surface area contributed by atoms with Crippen LogP contribution in [-0.2, 0) is 11.3 Å². The quantitative estimate of drug-likeness (QED) is 0.898. The van der Waals surface area contributed by atoms with E-state index in [2.05, 4.69) is 5.32 Å². The van der Waals surface area contributed by atoms with Crippen LogP contribution >= 0.6 is 0 Å². The van der Waals surface area contributed by atoms with Gasteiger partial charge >= 0.3 is 6.03 Å². The Morgan fingerprint density at radius 1 is 1.15 bits per heavy atom. The van der Waals surface area contributed by atoms with E-state index in [1.165, 1.54) is 0 Å². The van der Waals surface area contributed by atoms with E-state index < -0.39 is 0 Å². The number of hydrogen-bond donors (Lipinski definition) is 1. The standard InChI is InChI=1S/C21H25N3O2/c1-3-23(14-17-7-5-4-6-8-17)21(26)22-18-13-20(25)24(15-18)19-11-9-16(2)10-12-19/h4-12,18H,3,13-15H2,1-2H3,(H,22,26)/t18-/m0/s1. The molecule has 0 radical (unpaired) electrons. The second-order valence-corrected chi connectivity index (χ2v) is 6.69. The molecule has 0 aromatic heterocycles. The summed E-state index contributed by atoms with van der Waals surface area (Å²) in [6, 6.07) is 17.5. The highest BCUT2D eigenvalue weighted by molar-refractivity contribution is 5.96.